The molecule has 1 N–H and O–H groups in total. The Balaban J connectivity index is 2.61. The molecule has 0 saturated carbocycles. The smallest absolute Gasteiger partial charge is 0.249 e. The van der Waals surface area contributed by atoms with Crippen LogP contribution in [0.1, 0.15) is 0 Å². The van der Waals surface area contributed by atoms with Crippen molar-refractivity contribution in [3.63, 3.8) is 0 Å². The van der Waals surface area contributed by atoms with Gasteiger partial charge in [0.1, 0.15) is 10.7 Å². The van der Waals surface area contributed by atoms with Crippen LogP contribution in [0.4, 0.5) is 0 Å². The normalized spacial score (nSPS) is 16.2. The number of hydrogen-bond donors (Lipinski definition) is 1. The Kier molecular flexibility index (Phi) is 1.89. The number of amidine groups is 1. The molecule has 0 unspecified atom stereocenters. The molecule has 0 aromatic carbocycles. The van der Waals surface area contributed by atoms with E-state index in [-0.39, 0.29) is 4.86 Å². The van der Waals surface area contributed by atoms with E-state index in [4.69, 9.17) is 0 Å². The van der Waals surface area contributed by atoms with E-state index in [1.54, 1.807) is 6.29 Å². The minimum Gasteiger partial charge on any atom is -0.367 e. The molecule has 0 bridgehead atoms. The van der Waals surface area contributed by atoms with Gasteiger partial charge in [0.2, 0.25) is 6.29 Å². The largest absolute Gasteiger partial charge is 0.367 e. The third kappa shape index (κ3) is 1.32. The Labute approximate surface area is 58.2 Å². The first-order chi connectivity index (χ1) is 4.34. The predicted molar refractivity (Wildman–Crippen MR) is 38.6 cm³/mol. The summed E-state index contributed by atoms with van der Waals surface area (Å²) in [6, 6.07) is 0. The lowest BCUT2D eigenvalue weighted by Gasteiger charge is -1.92. The molecule has 0 aromatic rings. The molecule has 1 aliphatic heterocycles. The maximum atomic E-state index is 9.90. The number of nitrogens with one attached hydrogen (secondary N) is 1. The molecule has 0 fully saturated rings. The molecule has 0 spiro atoms. The van der Waals surface area contributed by atoms with Crippen molar-refractivity contribution in [3.05, 3.63) is 0 Å². The van der Waals surface area contributed by atoms with E-state index >= 15 is 0 Å². The van der Waals surface area contributed by atoms with E-state index in [0.29, 0.717) is 12.4 Å². The maximum Gasteiger partial charge on any atom is 0.249 e. The Morgan fingerprint density at radius 2 is 2.67 bits per heavy atom. The highest BCUT2D eigenvalue weighted by Gasteiger charge is 2.09. The van der Waals surface area contributed by atoms with Crippen LogP contribution in [0.2, 0.25) is 0 Å². The van der Waals surface area contributed by atoms with Gasteiger partial charge < -0.3 is 5.32 Å². The van der Waals surface area contributed by atoms with E-state index in [1.165, 1.54) is 0 Å². The molecule has 4 heteroatoms. The summed E-state index contributed by atoms with van der Waals surface area (Å²) in [4.78, 5) is 14.0. The highest BCUT2D eigenvalue weighted by Crippen LogP contribution is 1.86. The summed E-state index contributed by atoms with van der Waals surface area (Å²) in [5.41, 5.74) is 0. The molecular formula is C5H5N2OS. The zero-order valence-electron chi connectivity index (χ0n) is 4.68. The minimum absolute atomic E-state index is 0.146. The topological polar surface area (TPSA) is 41.5 Å². The van der Waals surface area contributed by atoms with Crippen LogP contribution in [0, 0.1) is 0 Å². The quantitative estimate of drug-likeness (QED) is 0.525. The second kappa shape index (κ2) is 2.68. The van der Waals surface area contributed by atoms with Crippen LogP contribution < -0.4 is 5.32 Å². The Morgan fingerprint density at radius 3 is 3.11 bits per heavy atom. The van der Waals surface area contributed by atoms with Gasteiger partial charge in [0.05, 0.1) is 6.54 Å². The van der Waals surface area contributed by atoms with Crippen molar-refractivity contribution in [2.75, 3.05) is 13.1 Å². The van der Waals surface area contributed by atoms with Crippen molar-refractivity contribution in [2.24, 2.45) is 4.99 Å². The summed E-state index contributed by atoms with van der Waals surface area (Å²) in [5, 5.41) is 2.85. The fourth-order valence-electron chi connectivity index (χ4n) is 0.598. The van der Waals surface area contributed by atoms with Crippen LogP contribution in [-0.2, 0) is 4.79 Å². The van der Waals surface area contributed by atoms with Gasteiger partial charge in [0.15, 0.2) is 0 Å². The summed E-state index contributed by atoms with van der Waals surface area (Å²) in [6.45, 7) is 1.48. The summed E-state index contributed by atoms with van der Waals surface area (Å²) < 4.78 is 0. The molecule has 0 aliphatic carbocycles. The number of rotatable bonds is 2. The third-order valence-electron chi connectivity index (χ3n) is 0.982. The lowest BCUT2D eigenvalue weighted by atomic mass is 10.4. The minimum atomic E-state index is 0.146. The maximum absolute atomic E-state index is 9.90. The van der Waals surface area contributed by atoms with Crippen molar-refractivity contribution in [1.82, 2.24) is 5.32 Å². The molecule has 1 aliphatic rings. The molecule has 0 aromatic heterocycles. The third-order valence-corrected chi connectivity index (χ3v) is 1.26. The van der Waals surface area contributed by atoms with Crippen molar-refractivity contribution in [1.29, 1.82) is 0 Å². The van der Waals surface area contributed by atoms with E-state index in [2.05, 4.69) is 22.5 Å². The molecule has 1 radical (unpaired) electrons. The second-order valence-corrected chi connectivity index (χ2v) is 2.00. The van der Waals surface area contributed by atoms with Gasteiger partial charge in [0.25, 0.3) is 0 Å². The monoisotopic (exact) mass is 141 g/mol. The van der Waals surface area contributed by atoms with E-state index in [9.17, 15) is 4.79 Å². The summed E-state index contributed by atoms with van der Waals surface area (Å²) in [5.74, 6) is 0.514. The first kappa shape index (κ1) is 6.35. The van der Waals surface area contributed by atoms with E-state index in [0.717, 1.165) is 6.54 Å². The van der Waals surface area contributed by atoms with E-state index in [1.807, 2.05) is 0 Å². The second-order valence-electron chi connectivity index (χ2n) is 1.59. The van der Waals surface area contributed by atoms with Crippen LogP contribution in [0.15, 0.2) is 4.99 Å². The molecule has 47 valence electrons. The SMILES string of the molecule is O=[C]C(=S)C1=NCCN1. The first-order valence-electron chi connectivity index (χ1n) is 2.55. The zero-order chi connectivity index (χ0) is 6.69. The van der Waals surface area contributed by atoms with Gasteiger partial charge in [-0.3, -0.25) is 9.79 Å². The van der Waals surface area contributed by atoms with Crippen molar-refractivity contribution in [3.8, 4) is 0 Å². The highest BCUT2D eigenvalue weighted by molar-refractivity contribution is 7.83. The average molecular weight is 141 g/mol. The van der Waals surface area contributed by atoms with Gasteiger partial charge in [-0.1, -0.05) is 12.2 Å². The van der Waals surface area contributed by atoms with E-state index < -0.39 is 0 Å². The highest BCUT2D eigenvalue weighted by atomic mass is 32.1. The molecular weight excluding hydrogens is 136 g/mol. The number of hydrogen-bond acceptors (Lipinski definition) is 4. The molecule has 9 heavy (non-hydrogen) atoms. The van der Waals surface area contributed by atoms with Crippen molar-refractivity contribution < 1.29 is 4.79 Å². The first-order valence-corrected chi connectivity index (χ1v) is 2.96. The molecule has 1 rings (SSSR count). The van der Waals surface area contributed by atoms with Crippen molar-refractivity contribution >= 4 is 29.2 Å². The van der Waals surface area contributed by atoms with Gasteiger partial charge in [-0.15, -0.1) is 0 Å². The molecule has 1 heterocycles. The average Bonchev–Trinajstić information content (AvgIpc) is 2.37. The standard InChI is InChI=1S/C5H5N2OS/c8-3-4(9)5-6-1-2-7-5/h1-2H2,(H,6,7). The summed E-state index contributed by atoms with van der Waals surface area (Å²) >= 11 is 4.60. The van der Waals surface area contributed by atoms with Crippen LogP contribution in [0.5, 0.6) is 0 Å². The summed E-state index contributed by atoms with van der Waals surface area (Å²) in [6.07, 6.45) is 1.60. The number of carbonyl (C=O) groups excluding carboxylic acids is 1. The lowest BCUT2D eigenvalue weighted by molar-refractivity contribution is 0.567. The summed E-state index contributed by atoms with van der Waals surface area (Å²) in [7, 11) is 0. The fourth-order valence-corrected chi connectivity index (χ4v) is 0.735. The van der Waals surface area contributed by atoms with Crippen LogP contribution in [0.25, 0.3) is 0 Å². The molecule has 3 nitrogen and oxygen atoms in total. The van der Waals surface area contributed by atoms with Crippen LogP contribution in [0.3, 0.4) is 0 Å². The number of nitrogens with zero attached hydrogens (tertiary/aromatic N) is 1. The van der Waals surface area contributed by atoms with Gasteiger partial charge in [-0.2, -0.15) is 0 Å². The molecule has 0 atom stereocenters. The van der Waals surface area contributed by atoms with Crippen LogP contribution in [-0.4, -0.2) is 30.1 Å². The van der Waals surface area contributed by atoms with Gasteiger partial charge in [0, 0.05) is 6.54 Å². The number of aliphatic imine (C=N–C) groups is 1. The number of thiocarbonyl (C=S) groups is 1. The van der Waals surface area contributed by atoms with Gasteiger partial charge >= 0.3 is 0 Å². The van der Waals surface area contributed by atoms with Gasteiger partial charge in [-0.25, -0.2) is 0 Å². The molecule has 0 saturated heterocycles. The van der Waals surface area contributed by atoms with Crippen LogP contribution >= 0.6 is 12.2 Å². The Bertz CT molecular complexity index is 176. The van der Waals surface area contributed by atoms with Crippen molar-refractivity contribution in [2.45, 2.75) is 0 Å². The lowest BCUT2D eigenvalue weighted by Crippen LogP contribution is -2.26. The molecule has 0 amide bonds. The Hall–Kier alpha value is -0.770. The fraction of sp³-hybridized carbons (Fsp3) is 0.400. The predicted octanol–water partition coefficient (Wildman–Crippen LogP) is -0.532. The Morgan fingerprint density at radius 1 is 1.89 bits per heavy atom. The van der Waals surface area contributed by atoms with Gasteiger partial charge in [-0.05, 0) is 0 Å². The zero-order valence-corrected chi connectivity index (χ0v) is 5.49.